The highest BCUT2D eigenvalue weighted by molar-refractivity contribution is 5.87. The van der Waals surface area contributed by atoms with E-state index in [-0.39, 0.29) is 36.0 Å². The highest BCUT2D eigenvalue weighted by atomic mass is 16.7. The lowest BCUT2D eigenvalue weighted by atomic mass is 9.96. The highest BCUT2D eigenvalue weighted by Gasteiger charge is 2.52. The van der Waals surface area contributed by atoms with Crippen molar-refractivity contribution in [1.29, 1.82) is 0 Å². The van der Waals surface area contributed by atoms with Gasteiger partial charge in [-0.1, -0.05) is 12.1 Å². The molecule has 2 aliphatic rings. The van der Waals surface area contributed by atoms with Crippen molar-refractivity contribution in [3.63, 3.8) is 0 Å². The van der Waals surface area contributed by atoms with Gasteiger partial charge in [-0.3, -0.25) is 0 Å². The Labute approximate surface area is 264 Å². The van der Waals surface area contributed by atoms with Crippen LogP contribution in [0.3, 0.4) is 0 Å². The van der Waals surface area contributed by atoms with Crippen LogP contribution in [-0.4, -0.2) is 131 Å². The number of aromatic hydroxyl groups is 2. The maximum absolute atomic E-state index is 13.0. The van der Waals surface area contributed by atoms with Crippen LogP contribution < -0.4 is 9.47 Å². The van der Waals surface area contributed by atoms with Crippen LogP contribution >= 0.6 is 0 Å². The third-order valence-electron chi connectivity index (χ3n) is 7.70. The molecule has 0 bridgehead atoms. The van der Waals surface area contributed by atoms with E-state index < -0.39 is 74.0 Å². The minimum Gasteiger partial charge on any atom is -0.504 e. The minimum atomic E-state index is -1.75. The molecule has 2 saturated heterocycles. The number of carbonyl (C=O) groups excluding carboxylic acids is 1. The molecule has 0 saturated carbocycles. The summed E-state index contributed by atoms with van der Waals surface area (Å²) in [5.74, 6) is -0.636. The van der Waals surface area contributed by atoms with Crippen molar-refractivity contribution in [2.24, 2.45) is 0 Å². The van der Waals surface area contributed by atoms with Gasteiger partial charge in [-0.2, -0.15) is 0 Å². The van der Waals surface area contributed by atoms with Crippen LogP contribution in [0.2, 0.25) is 0 Å². The van der Waals surface area contributed by atoms with Crippen molar-refractivity contribution in [3.05, 3.63) is 53.6 Å². The number of esters is 1. The van der Waals surface area contributed by atoms with Gasteiger partial charge >= 0.3 is 5.97 Å². The van der Waals surface area contributed by atoms with E-state index in [1.807, 2.05) is 0 Å². The second kappa shape index (κ2) is 15.9. The van der Waals surface area contributed by atoms with Crippen LogP contribution in [0.25, 0.3) is 6.08 Å². The number of aliphatic hydroxyl groups is 5. The van der Waals surface area contributed by atoms with Crippen LogP contribution in [0.15, 0.2) is 42.5 Å². The second-order valence-corrected chi connectivity index (χ2v) is 10.8. The van der Waals surface area contributed by atoms with Gasteiger partial charge in [0.15, 0.2) is 41.7 Å². The molecule has 0 aromatic heterocycles. The van der Waals surface area contributed by atoms with Gasteiger partial charge in [0.2, 0.25) is 0 Å². The summed E-state index contributed by atoms with van der Waals surface area (Å²) in [6.45, 7) is 0.684. The van der Waals surface area contributed by atoms with Crippen molar-refractivity contribution >= 4 is 12.0 Å². The molecule has 2 fully saturated rings. The lowest BCUT2D eigenvalue weighted by Gasteiger charge is -2.46. The number of carbonyl (C=O) groups is 1. The van der Waals surface area contributed by atoms with Gasteiger partial charge in [0, 0.05) is 6.08 Å². The van der Waals surface area contributed by atoms with Gasteiger partial charge in [0.25, 0.3) is 0 Å². The first-order valence-electron chi connectivity index (χ1n) is 14.5. The molecule has 15 nitrogen and oxygen atoms in total. The predicted molar refractivity (Wildman–Crippen MR) is 157 cm³/mol. The molecule has 46 heavy (non-hydrogen) atoms. The minimum absolute atomic E-state index is 0.0439. The summed E-state index contributed by atoms with van der Waals surface area (Å²) in [4.78, 5) is 13.0. The Balaban J connectivity index is 1.57. The Kier molecular flexibility index (Phi) is 12.2. The molecule has 2 aromatic carbocycles. The molecule has 0 aliphatic carbocycles. The molecule has 2 aromatic rings. The number of rotatable bonds is 12. The SMILES string of the molecule is COc1cc(C=CC(=O)O[C@H]2[C@H](O[C@@H]3O[C@@H](C)[C@H](O)[C@@H](O)[C@H]3O)[C@@H](OCCc3ccc(O)c(OC)c3)[C@H](O)O[C@@H]2CO)ccc1O. The molecule has 7 N–H and O–H groups in total. The van der Waals surface area contributed by atoms with E-state index in [0.29, 0.717) is 11.1 Å². The van der Waals surface area contributed by atoms with Gasteiger partial charge in [0.1, 0.15) is 36.6 Å². The van der Waals surface area contributed by atoms with E-state index in [9.17, 15) is 40.5 Å². The zero-order valence-corrected chi connectivity index (χ0v) is 25.4. The summed E-state index contributed by atoms with van der Waals surface area (Å²) in [5.41, 5.74) is 1.20. The van der Waals surface area contributed by atoms with Crippen LogP contribution in [-0.2, 0) is 34.9 Å². The summed E-state index contributed by atoms with van der Waals surface area (Å²) in [7, 11) is 2.78. The largest absolute Gasteiger partial charge is 0.504 e. The smallest absolute Gasteiger partial charge is 0.331 e. The van der Waals surface area contributed by atoms with E-state index in [4.69, 9.17) is 33.2 Å². The van der Waals surface area contributed by atoms with E-state index in [2.05, 4.69) is 0 Å². The van der Waals surface area contributed by atoms with Crippen LogP contribution in [0.4, 0.5) is 0 Å². The van der Waals surface area contributed by atoms with Gasteiger partial charge in [-0.15, -0.1) is 0 Å². The molecule has 0 spiro atoms. The lowest BCUT2D eigenvalue weighted by Crippen LogP contribution is -2.65. The topological polar surface area (TPSA) is 223 Å². The Bertz CT molecular complexity index is 1340. The fraction of sp³-hybridized carbons (Fsp3) is 0.516. The number of methoxy groups -OCH3 is 2. The summed E-state index contributed by atoms with van der Waals surface area (Å²) in [6, 6.07) is 9.08. The number of benzene rings is 2. The van der Waals surface area contributed by atoms with Crippen molar-refractivity contribution in [3.8, 4) is 23.0 Å². The van der Waals surface area contributed by atoms with Crippen LogP contribution in [0.1, 0.15) is 18.1 Å². The number of phenolic OH excluding ortho intramolecular Hbond substituents is 2. The maximum Gasteiger partial charge on any atom is 0.331 e. The average molecular weight is 653 g/mol. The van der Waals surface area contributed by atoms with Crippen molar-refractivity contribution in [1.82, 2.24) is 0 Å². The Morgan fingerprint density at radius 3 is 2.22 bits per heavy atom. The molecule has 15 heteroatoms. The van der Waals surface area contributed by atoms with E-state index >= 15 is 0 Å². The third kappa shape index (κ3) is 8.25. The average Bonchev–Trinajstić information content (AvgIpc) is 3.04. The molecule has 0 unspecified atom stereocenters. The fourth-order valence-electron chi connectivity index (χ4n) is 5.12. The van der Waals surface area contributed by atoms with Crippen molar-refractivity contribution in [2.75, 3.05) is 27.4 Å². The number of hydrogen-bond acceptors (Lipinski definition) is 15. The summed E-state index contributed by atoms with van der Waals surface area (Å²) in [6.07, 6.45) is -11.9. The third-order valence-corrected chi connectivity index (χ3v) is 7.70. The number of ether oxygens (including phenoxy) is 7. The molecule has 0 radical (unpaired) electrons. The second-order valence-electron chi connectivity index (χ2n) is 10.8. The Morgan fingerprint density at radius 1 is 0.870 bits per heavy atom. The zero-order valence-electron chi connectivity index (χ0n) is 25.4. The van der Waals surface area contributed by atoms with Gasteiger partial charge in [0.05, 0.1) is 33.5 Å². The Hall–Kier alpha value is -3.51. The summed E-state index contributed by atoms with van der Waals surface area (Å²) in [5, 5.41) is 71.8. The highest BCUT2D eigenvalue weighted by Crippen LogP contribution is 2.33. The monoisotopic (exact) mass is 652 g/mol. The van der Waals surface area contributed by atoms with Crippen LogP contribution in [0.5, 0.6) is 23.0 Å². The first kappa shape index (κ1) is 35.3. The standard InChI is InChI=1S/C31H40O15/c1-15-24(36)25(37)26(38)31(43-15)46-28-27(45-23(35)9-6-16-4-7-18(33)20(12-16)40-2)22(14-32)44-30(39)29(28)42-11-10-17-5-8-19(34)21(13-17)41-3/h4-9,12-13,15,22,24-34,36-39H,10-11,14H2,1-3H3/t15-,22+,24-,25+,26+,27+,28-,29+,30+,31-/m0/s1. The molecule has 2 aliphatic heterocycles. The first-order valence-corrected chi connectivity index (χ1v) is 14.5. The Morgan fingerprint density at radius 2 is 1.54 bits per heavy atom. The zero-order chi connectivity index (χ0) is 33.5. The first-order chi connectivity index (χ1) is 22.0. The van der Waals surface area contributed by atoms with Gasteiger partial charge in [-0.25, -0.2) is 4.79 Å². The molecular formula is C31H40O15. The van der Waals surface area contributed by atoms with Gasteiger partial charge < -0.3 is 68.9 Å². The molecule has 254 valence electrons. The molecule has 4 rings (SSSR count). The van der Waals surface area contributed by atoms with Gasteiger partial charge in [-0.05, 0) is 54.8 Å². The number of aliphatic hydroxyl groups excluding tert-OH is 5. The number of phenols is 2. The maximum atomic E-state index is 13.0. The van der Waals surface area contributed by atoms with Crippen molar-refractivity contribution in [2.45, 2.75) is 74.8 Å². The molecule has 10 atom stereocenters. The van der Waals surface area contributed by atoms with Crippen molar-refractivity contribution < 1.29 is 73.7 Å². The number of hydrogen-bond donors (Lipinski definition) is 7. The summed E-state index contributed by atoms with van der Waals surface area (Å²) < 4.78 is 38.9. The van der Waals surface area contributed by atoms with Crippen LogP contribution in [0, 0.1) is 0 Å². The quantitative estimate of drug-likeness (QED) is 0.114. The predicted octanol–water partition coefficient (Wildman–Crippen LogP) is -0.410. The fourth-order valence-corrected chi connectivity index (χ4v) is 5.12. The van der Waals surface area contributed by atoms with E-state index in [0.717, 1.165) is 6.08 Å². The molecule has 0 amide bonds. The lowest BCUT2D eigenvalue weighted by molar-refractivity contribution is -0.357. The molecule has 2 heterocycles. The molecular weight excluding hydrogens is 612 g/mol. The normalized spacial score (nSPS) is 31.5. The van der Waals surface area contributed by atoms with E-state index in [1.54, 1.807) is 12.1 Å². The summed E-state index contributed by atoms with van der Waals surface area (Å²) >= 11 is 0. The van der Waals surface area contributed by atoms with E-state index in [1.165, 1.54) is 51.5 Å².